The SMILES string of the molecule is Cc1ccc(S(=O)(=O)C2=CC(C)(C)OC2c2ccc(C=O)cc2)cc1. The van der Waals surface area contributed by atoms with Crippen LogP contribution < -0.4 is 0 Å². The summed E-state index contributed by atoms with van der Waals surface area (Å²) in [5, 5.41) is 0. The van der Waals surface area contributed by atoms with Gasteiger partial charge < -0.3 is 4.74 Å². The molecular weight excluding hydrogens is 336 g/mol. The van der Waals surface area contributed by atoms with Crippen LogP contribution in [0.1, 0.15) is 41.4 Å². The third-order valence-electron chi connectivity index (χ3n) is 4.19. The van der Waals surface area contributed by atoms with E-state index in [0.29, 0.717) is 11.1 Å². The molecule has 0 aromatic heterocycles. The van der Waals surface area contributed by atoms with E-state index in [1.165, 1.54) is 0 Å². The summed E-state index contributed by atoms with van der Waals surface area (Å²) in [7, 11) is -3.67. The van der Waals surface area contributed by atoms with Crippen molar-refractivity contribution in [3.8, 4) is 0 Å². The highest BCUT2D eigenvalue weighted by atomic mass is 32.2. The smallest absolute Gasteiger partial charge is 0.205 e. The van der Waals surface area contributed by atoms with E-state index in [1.54, 1.807) is 54.6 Å². The van der Waals surface area contributed by atoms with Gasteiger partial charge in [0.15, 0.2) is 0 Å². The molecule has 4 nitrogen and oxygen atoms in total. The van der Waals surface area contributed by atoms with E-state index in [0.717, 1.165) is 11.8 Å². The summed E-state index contributed by atoms with van der Waals surface area (Å²) in [5.41, 5.74) is 1.55. The van der Waals surface area contributed by atoms with Gasteiger partial charge in [-0.25, -0.2) is 8.42 Å². The first-order chi connectivity index (χ1) is 11.7. The van der Waals surface area contributed by atoms with E-state index in [4.69, 9.17) is 4.74 Å². The predicted molar refractivity (Wildman–Crippen MR) is 96.2 cm³/mol. The number of benzene rings is 2. The molecule has 1 unspecified atom stereocenters. The van der Waals surface area contributed by atoms with Gasteiger partial charge in [0.2, 0.25) is 9.84 Å². The number of sulfone groups is 1. The fraction of sp³-hybridized carbons (Fsp3) is 0.250. The van der Waals surface area contributed by atoms with Gasteiger partial charge in [0, 0.05) is 5.56 Å². The maximum atomic E-state index is 13.1. The molecule has 0 saturated heterocycles. The average Bonchev–Trinajstić information content (AvgIpc) is 2.92. The third-order valence-corrected chi connectivity index (χ3v) is 6.03. The molecule has 130 valence electrons. The van der Waals surface area contributed by atoms with Crippen molar-refractivity contribution in [3.05, 3.63) is 76.2 Å². The Balaban J connectivity index is 2.06. The molecule has 1 aliphatic heterocycles. The van der Waals surface area contributed by atoms with E-state index in [2.05, 4.69) is 0 Å². The molecule has 0 radical (unpaired) electrons. The molecule has 0 amide bonds. The Kier molecular flexibility index (Phi) is 4.39. The van der Waals surface area contributed by atoms with Gasteiger partial charge in [-0.15, -0.1) is 0 Å². The highest BCUT2D eigenvalue weighted by molar-refractivity contribution is 7.95. The first kappa shape index (κ1) is 17.6. The van der Waals surface area contributed by atoms with E-state index < -0.39 is 21.5 Å². The Bertz CT molecular complexity index is 921. The van der Waals surface area contributed by atoms with E-state index in [-0.39, 0.29) is 9.80 Å². The highest BCUT2D eigenvalue weighted by Gasteiger charge is 2.40. The first-order valence-electron chi connectivity index (χ1n) is 8.00. The lowest BCUT2D eigenvalue weighted by molar-refractivity contribution is -0.000444. The number of rotatable bonds is 4. The van der Waals surface area contributed by atoms with Crippen LogP contribution in [-0.2, 0) is 14.6 Å². The van der Waals surface area contributed by atoms with Crippen LogP contribution in [0.4, 0.5) is 0 Å². The van der Waals surface area contributed by atoms with Crippen LogP contribution in [0, 0.1) is 6.92 Å². The maximum Gasteiger partial charge on any atom is 0.205 e. The Morgan fingerprint density at radius 2 is 1.60 bits per heavy atom. The minimum atomic E-state index is -3.67. The van der Waals surface area contributed by atoms with Gasteiger partial charge in [0.25, 0.3) is 0 Å². The van der Waals surface area contributed by atoms with Crippen molar-refractivity contribution in [1.82, 2.24) is 0 Å². The fourth-order valence-electron chi connectivity index (χ4n) is 2.87. The van der Waals surface area contributed by atoms with Gasteiger partial charge in [-0.3, -0.25) is 4.79 Å². The zero-order valence-corrected chi connectivity index (χ0v) is 15.2. The van der Waals surface area contributed by atoms with Crippen molar-refractivity contribution in [1.29, 1.82) is 0 Å². The third kappa shape index (κ3) is 3.43. The molecule has 2 aromatic carbocycles. The van der Waals surface area contributed by atoms with Gasteiger partial charge in [0.05, 0.1) is 15.4 Å². The lowest BCUT2D eigenvalue weighted by Crippen LogP contribution is -2.18. The predicted octanol–water partition coefficient (Wildman–Crippen LogP) is 4.02. The van der Waals surface area contributed by atoms with Gasteiger partial charge in [-0.2, -0.15) is 0 Å². The molecule has 0 spiro atoms. The van der Waals surface area contributed by atoms with Crippen molar-refractivity contribution >= 4 is 16.1 Å². The van der Waals surface area contributed by atoms with Crippen LogP contribution in [0.5, 0.6) is 0 Å². The van der Waals surface area contributed by atoms with Crippen LogP contribution in [0.2, 0.25) is 0 Å². The van der Waals surface area contributed by atoms with E-state index in [1.807, 2.05) is 20.8 Å². The second-order valence-electron chi connectivity index (χ2n) is 6.75. The maximum absolute atomic E-state index is 13.1. The number of carbonyl (C=O) groups is 1. The van der Waals surface area contributed by atoms with E-state index >= 15 is 0 Å². The second-order valence-corrected chi connectivity index (χ2v) is 8.70. The molecule has 5 heteroatoms. The molecule has 1 aliphatic rings. The molecule has 0 fully saturated rings. The summed E-state index contributed by atoms with van der Waals surface area (Å²) in [4.78, 5) is 11.3. The Hall–Kier alpha value is -2.24. The zero-order chi connectivity index (χ0) is 18.2. The fourth-order valence-corrected chi connectivity index (χ4v) is 4.54. The molecule has 25 heavy (non-hydrogen) atoms. The number of ether oxygens (including phenoxy) is 1. The molecule has 1 heterocycles. The summed E-state index contributed by atoms with van der Waals surface area (Å²) in [5.74, 6) is 0. The normalized spacial score (nSPS) is 19.5. The summed E-state index contributed by atoms with van der Waals surface area (Å²) in [6, 6.07) is 13.6. The van der Waals surface area contributed by atoms with Gasteiger partial charge >= 0.3 is 0 Å². The summed E-state index contributed by atoms with van der Waals surface area (Å²) in [6.45, 7) is 5.57. The van der Waals surface area contributed by atoms with Crippen LogP contribution in [0.15, 0.2) is 64.4 Å². The molecular formula is C20H20O4S. The van der Waals surface area contributed by atoms with Crippen molar-refractivity contribution in [2.45, 2.75) is 37.4 Å². The second kappa shape index (κ2) is 6.24. The standard InChI is InChI=1S/C20H20O4S/c1-14-4-10-17(11-5-14)25(22,23)18-12-20(2,3)24-19(18)16-8-6-15(13-21)7-9-16/h4-13,19H,1-3H3. The lowest BCUT2D eigenvalue weighted by atomic mass is 10.1. The van der Waals surface area contributed by atoms with Gasteiger partial charge in [0.1, 0.15) is 12.4 Å². The molecule has 2 aromatic rings. The lowest BCUT2D eigenvalue weighted by Gasteiger charge is -2.21. The Labute approximate surface area is 148 Å². The van der Waals surface area contributed by atoms with Gasteiger partial charge in [-0.1, -0.05) is 42.0 Å². The molecule has 0 saturated carbocycles. The van der Waals surface area contributed by atoms with Crippen LogP contribution >= 0.6 is 0 Å². The quantitative estimate of drug-likeness (QED) is 0.777. The largest absolute Gasteiger partial charge is 0.358 e. The Morgan fingerprint density at radius 3 is 2.16 bits per heavy atom. The van der Waals surface area contributed by atoms with Gasteiger partial charge in [-0.05, 0) is 44.5 Å². The van der Waals surface area contributed by atoms with Crippen molar-refractivity contribution in [2.24, 2.45) is 0 Å². The Morgan fingerprint density at radius 1 is 1.00 bits per heavy atom. The minimum absolute atomic E-state index is 0.236. The molecule has 3 rings (SSSR count). The zero-order valence-electron chi connectivity index (χ0n) is 14.4. The number of hydrogen-bond acceptors (Lipinski definition) is 4. The van der Waals surface area contributed by atoms with Crippen LogP contribution in [-0.4, -0.2) is 20.3 Å². The monoisotopic (exact) mass is 356 g/mol. The molecule has 0 bridgehead atoms. The minimum Gasteiger partial charge on any atom is -0.358 e. The first-order valence-corrected chi connectivity index (χ1v) is 9.49. The average molecular weight is 356 g/mol. The summed E-state index contributed by atoms with van der Waals surface area (Å²) >= 11 is 0. The topological polar surface area (TPSA) is 60.4 Å². The number of carbonyl (C=O) groups excluding carboxylic acids is 1. The van der Waals surface area contributed by atoms with Crippen molar-refractivity contribution in [3.63, 3.8) is 0 Å². The van der Waals surface area contributed by atoms with Crippen LogP contribution in [0.3, 0.4) is 0 Å². The van der Waals surface area contributed by atoms with E-state index in [9.17, 15) is 13.2 Å². The van der Waals surface area contributed by atoms with Crippen molar-refractivity contribution < 1.29 is 17.9 Å². The summed E-state index contributed by atoms with van der Waals surface area (Å²) in [6.07, 6.45) is 1.73. The molecule has 0 N–H and O–H groups in total. The molecule has 1 atom stereocenters. The number of aryl methyl sites for hydroxylation is 1. The van der Waals surface area contributed by atoms with Crippen molar-refractivity contribution in [2.75, 3.05) is 0 Å². The van der Waals surface area contributed by atoms with Crippen LogP contribution in [0.25, 0.3) is 0 Å². The number of hydrogen-bond donors (Lipinski definition) is 0. The highest BCUT2D eigenvalue weighted by Crippen LogP contribution is 2.43. The molecule has 0 aliphatic carbocycles. The number of aldehydes is 1. The summed E-state index contributed by atoms with van der Waals surface area (Å²) < 4.78 is 32.3.